The maximum Gasteiger partial charge on any atom is 0.154 e. The van der Waals surface area contributed by atoms with Crippen molar-refractivity contribution >= 4 is 34.2 Å². The standard InChI is InChI=1S/C33H32O3/c1-33(28-15-14-21-6-2-3-9-26(21)18-28)20-31(35)29(32(33)36)19-30(34)23-12-10-22(11-13-23)27-16-24-7-4-5-8-25(24)17-27/h2-9,14-16,18,22-23,29H,10-13,17,19-20H2,1H3. The lowest BCUT2D eigenvalue weighted by Gasteiger charge is -2.29. The Morgan fingerprint density at radius 1 is 0.889 bits per heavy atom. The van der Waals surface area contributed by atoms with Gasteiger partial charge in [0.05, 0.1) is 11.3 Å². The topological polar surface area (TPSA) is 51.2 Å². The highest BCUT2D eigenvalue weighted by Gasteiger charge is 2.51. The molecule has 0 aliphatic heterocycles. The Bertz CT molecular complexity index is 1410. The van der Waals surface area contributed by atoms with E-state index < -0.39 is 11.3 Å². The van der Waals surface area contributed by atoms with E-state index in [1.807, 2.05) is 49.4 Å². The maximum atomic E-state index is 13.5. The molecule has 0 amide bonds. The van der Waals surface area contributed by atoms with E-state index in [2.05, 4.69) is 30.3 Å². The molecular formula is C33H32O3. The van der Waals surface area contributed by atoms with Gasteiger partial charge in [0.25, 0.3) is 0 Å². The molecule has 2 unspecified atom stereocenters. The third kappa shape index (κ3) is 3.95. The molecule has 0 bridgehead atoms. The van der Waals surface area contributed by atoms with Gasteiger partial charge in [-0.25, -0.2) is 0 Å². The minimum Gasteiger partial charge on any atom is -0.299 e. The summed E-state index contributed by atoms with van der Waals surface area (Å²) in [5, 5.41) is 2.18. The smallest absolute Gasteiger partial charge is 0.154 e. The monoisotopic (exact) mass is 476 g/mol. The minimum absolute atomic E-state index is 0.0289. The highest BCUT2D eigenvalue weighted by Crippen LogP contribution is 2.43. The molecular weight excluding hydrogens is 444 g/mol. The molecule has 182 valence electrons. The van der Waals surface area contributed by atoms with Gasteiger partial charge in [0, 0.05) is 18.8 Å². The number of Topliss-reactive ketones (excluding diaryl/α,β-unsaturated/α-hetero) is 3. The maximum absolute atomic E-state index is 13.5. The number of benzene rings is 3. The van der Waals surface area contributed by atoms with Gasteiger partial charge in [-0.1, -0.05) is 78.4 Å². The third-order valence-electron chi connectivity index (χ3n) is 9.07. The van der Waals surface area contributed by atoms with E-state index in [9.17, 15) is 14.4 Å². The molecule has 0 heterocycles. The van der Waals surface area contributed by atoms with Crippen molar-refractivity contribution in [2.75, 3.05) is 0 Å². The molecule has 3 nitrogen and oxygen atoms in total. The summed E-state index contributed by atoms with van der Waals surface area (Å²) in [6, 6.07) is 22.6. The molecule has 3 aromatic rings. The molecule has 3 aliphatic rings. The Morgan fingerprint density at radius 3 is 2.39 bits per heavy atom. The van der Waals surface area contributed by atoms with Crippen LogP contribution in [0, 0.1) is 17.8 Å². The van der Waals surface area contributed by atoms with Gasteiger partial charge in [-0.2, -0.15) is 0 Å². The second-order valence-corrected chi connectivity index (χ2v) is 11.3. The van der Waals surface area contributed by atoms with E-state index in [0.29, 0.717) is 5.92 Å². The van der Waals surface area contributed by atoms with Crippen molar-refractivity contribution in [1.29, 1.82) is 0 Å². The number of allylic oxidation sites excluding steroid dienone is 1. The summed E-state index contributed by atoms with van der Waals surface area (Å²) in [4.78, 5) is 39.8. The van der Waals surface area contributed by atoms with Crippen LogP contribution in [0.1, 0.15) is 62.1 Å². The van der Waals surface area contributed by atoms with E-state index in [0.717, 1.165) is 48.4 Å². The molecule has 0 saturated heterocycles. The van der Waals surface area contributed by atoms with E-state index in [1.54, 1.807) is 0 Å². The quantitative estimate of drug-likeness (QED) is 0.387. The Hall–Kier alpha value is -3.33. The average molecular weight is 477 g/mol. The van der Waals surface area contributed by atoms with E-state index in [1.165, 1.54) is 16.7 Å². The van der Waals surface area contributed by atoms with Gasteiger partial charge in [0.15, 0.2) is 5.78 Å². The predicted octanol–water partition coefficient (Wildman–Crippen LogP) is 6.66. The second kappa shape index (κ2) is 8.96. The van der Waals surface area contributed by atoms with Crippen molar-refractivity contribution in [1.82, 2.24) is 0 Å². The van der Waals surface area contributed by atoms with Gasteiger partial charge in [-0.3, -0.25) is 14.4 Å². The zero-order chi connectivity index (χ0) is 24.9. The van der Waals surface area contributed by atoms with Crippen molar-refractivity contribution in [3.8, 4) is 0 Å². The zero-order valence-corrected chi connectivity index (χ0v) is 20.8. The van der Waals surface area contributed by atoms with Gasteiger partial charge in [0.2, 0.25) is 0 Å². The Labute approximate surface area is 212 Å². The van der Waals surface area contributed by atoms with E-state index >= 15 is 0 Å². The van der Waals surface area contributed by atoms with Crippen molar-refractivity contribution in [3.63, 3.8) is 0 Å². The normalized spacial score (nSPS) is 27.8. The molecule has 0 spiro atoms. The lowest BCUT2D eigenvalue weighted by atomic mass is 9.74. The highest BCUT2D eigenvalue weighted by molar-refractivity contribution is 6.16. The first kappa shape index (κ1) is 23.1. The van der Waals surface area contributed by atoms with Gasteiger partial charge in [-0.15, -0.1) is 0 Å². The van der Waals surface area contributed by atoms with E-state index in [4.69, 9.17) is 0 Å². The fourth-order valence-corrected chi connectivity index (χ4v) is 6.80. The lowest BCUT2D eigenvalue weighted by molar-refractivity contribution is -0.134. The summed E-state index contributed by atoms with van der Waals surface area (Å²) in [7, 11) is 0. The summed E-state index contributed by atoms with van der Waals surface area (Å²) in [6.07, 6.45) is 7.36. The van der Waals surface area contributed by atoms with Crippen molar-refractivity contribution in [2.24, 2.45) is 17.8 Å². The third-order valence-corrected chi connectivity index (χ3v) is 9.07. The number of fused-ring (bicyclic) bond motifs is 2. The lowest BCUT2D eigenvalue weighted by Crippen LogP contribution is -2.32. The Morgan fingerprint density at radius 2 is 1.61 bits per heavy atom. The first-order valence-electron chi connectivity index (χ1n) is 13.3. The molecule has 3 heteroatoms. The van der Waals surface area contributed by atoms with Crippen LogP contribution in [0.2, 0.25) is 0 Å². The number of hydrogen-bond donors (Lipinski definition) is 0. The predicted molar refractivity (Wildman–Crippen MR) is 143 cm³/mol. The zero-order valence-electron chi connectivity index (χ0n) is 20.8. The molecule has 0 N–H and O–H groups in total. The summed E-state index contributed by atoms with van der Waals surface area (Å²) in [5.41, 5.74) is 4.25. The Balaban J connectivity index is 1.10. The average Bonchev–Trinajstić information content (AvgIpc) is 3.43. The van der Waals surface area contributed by atoms with Crippen LogP contribution in [-0.2, 0) is 26.2 Å². The van der Waals surface area contributed by atoms with Crippen LogP contribution in [0.4, 0.5) is 0 Å². The highest BCUT2D eigenvalue weighted by atomic mass is 16.2. The fourth-order valence-electron chi connectivity index (χ4n) is 6.80. The number of carbonyl (C=O) groups is 3. The van der Waals surface area contributed by atoms with Gasteiger partial charge >= 0.3 is 0 Å². The van der Waals surface area contributed by atoms with Gasteiger partial charge in [0.1, 0.15) is 11.6 Å². The van der Waals surface area contributed by atoms with Crippen LogP contribution in [0.5, 0.6) is 0 Å². The summed E-state index contributed by atoms with van der Waals surface area (Å²) < 4.78 is 0. The van der Waals surface area contributed by atoms with Crippen molar-refractivity contribution in [3.05, 3.63) is 89.0 Å². The van der Waals surface area contributed by atoms with Crippen LogP contribution in [0.25, 0.3) is 16.8 Å². The minimum atomic E-state index is -0.853. The first-order chi connectivity index (χ1) is 17.4. The largest absolute Gasteiger partial charge is 0.299 e. The van der Waals surface area contributed by atoms with Crippen LogP contribution in [0.15, 0.2) is 72.3 Å². The molecule has 2 saturated carbocycles. The van der Waals surface area contributed by atoms with E-state index in [-0.39, 0.29) is 36.1 Å². The van der Waals surface area contributed by atoms with Gasteiger partial charge in [-0.05, 0) is 72.4 Å². The number of rotatable bonds is 5. The van der Waals surface area contributed by atoms with Crippen LogP contribution in [-0.4, -0.2) is 17.3 Å². The van der Waals surface area contributed by atoms with Crippen LogP contribution in [0.3, 0.4) is 0 Å². The molecule has 3 aliphatic carbocycles. The summed E-state index contributed by atoms with van der Waals surface area (Å²) in [6.45, 7) is 1.88. The fraction of sp³-hybridized carbons (Fsp3) is 0.364. The second-order valence-electron chi connectivity index (χ2n) is 11.3. The number of hydrogen-bond acceptors (Lipinski definition) is 3. The summed E-state index contributed by atoms with van der Waals surface area (Å²) >= 11 is 0. The van der Waals surface area contributed by atoms with Crippen molar-refractivity contribution < 1.29 is 14.4 Å². The molecule has 36 heavy (non-hydrogen) atoms. The first-order valence-corrected chi connectivity index (χ1v) is 13.3. The Kier molecular flexibility index (Phi) is 5.75. The van der Waals surface area contributed by atoms with Crippen LogP contribution >= 0.6 is 0 Å². The summed E-state index contributed by atoms with van der Waals surface area (Å²) in [5.74, 6) is -0.346. The molecule has 2 atom stereocenters. The molecule has 0 aromatic heterocycles. The number of ketones is 3. The SMILES string of the molecule is CC1(c2ccc3ccccc3c2)CC(=O)C(CC(=O)C2CCC(C3=Cc4ccccc4C3)CC2)C1=O. The molecule has 3 aromatic carbocycles. The molecule has 0 radical (unpaired) electrons. The van der Waals surface area contributed by atoms with Gasteiger partial charge < -0.3 is 0 Å². The van der Waals surface area contributed by atoms with Crippen molar-refractivity contribution in [2.45, 2.75) is 57.3 Å². The number of carbonyl (C=O) groups excluding carboxylic acids is 3. The molecule has 6 rings (SSSR count). The molecule has 2 fully saturated rings. The van der Waals surface area contributed by atoms with Crippen LogP contribution < -0.4 is 0 Å².